The van der Waals surface area contributed by atoms with E-state index in [9.17, 15) is 10.2 Å². The van der Waals surface area contributed by atoms with Gasteiger partial charge in [0.25, 0.3) is 5.19 Å². The Morgan fingerprint density at radius 1 is 1.24 bits per heavy atom. The minimum absolute atomic E-state index is 0.0392. The van der Waals surface area contributed by atoms with E-state index in [0.717, 1.165) is 23.1 Å². The summed E-state index contributed by atoms with van der Waals surface area (Å²) in [5.41, 5.74) is -1.22. The largest absolute Gasteiger partial charge is 0.466 e. The number of halogens is 2. The maximum Gasteiger partial charge on any atom is 0.294 e. The van der Waals surface area contributed by atoms with Gasteiger partial charge in [-0.05, 0) is 23.2 Å². The van der Waals surface area contributed by atoms with E-state index < -0.39 is 30.1 Å². The van der Waals surface area contributed by atoms with E-state index >= 15 is 0 Å². The first-order valence-corrected chi connectivity index (χ1v) is 9.30. The van der Waals surface area contributed by atoms with Crippen molar-refractivity contribution in [2.75, 3.05) is 18.5 Å². The third-order valence-corrected chi connectivity index (χ3v) is 5.69. The van der Waals surface area contributed by atoms with Crippen LogP contribution in [0.2, 0.25) is 10.6 Å². The molecule has 25 heavy (non-hydrogen) atoms. The fraction of sp³-hybridized carbons (Fsp3) is 0.636. The van der Waals surface area contributed by atoms with Crippen LogP contribution in [0.5, 0.6) is 5.19 Å². The van der Waals surface area contributed by atoms with Gasteiger partial charge in [-0.1, -0.05) is 0 Å². The number of nitrogens with one attached hydrogen (secondary N) is 1. The van der Waals surface area contributed by atoms with Gasteiger partial charge >= 0.3 is 0 Å². The van der Waals surface area contributed by atoms with Gasteiger partial charge in [-0.15, -0.1) is 0 Å². The van der Waals surface area contributed by atoms with Gasteiger partial charge in [-0.25, -0.2) is 0 Å². The average molecular weight is 428 g/mol. The standard InChI is InChI=1S/C11H11Cl2N5O5S2/c12-7-15-9(24-17-7)14-3-4(19)5(20)11(1-21-6(3)23-11)2-22-10-16-8(13)18-25-10/h3-6,19-20H,1-2H2,(H,14,15,17)/t3-,4-,5-,6+,11-/m1/s1. The first kappa shape index (κ1) is 17.5. The van der Waals surface area contributed by atoms with E-state index in [1.165, 1.54) is 0 Å². The van der Waals surface area contributed by atoms with Crippen molar-refractivity contribution in [2.45, 2.75) is 30.1 Å². The zero-order valence-electron chi connectivity index (χ0n) is 12.2. The molecule has 5 atom stereocenters. The van der Waals surface area contributed by atoms with Crippen LogP contribution in [0.25, 0.3) is 0 Å². The highest BCUT2D eigenvalue weighted by Crippen LogP contribution is 2.39. The van der Waals surface area contributed by atoms with Gasteiger partial charge in [0, 0.05) is 23.1 Å². The summed E-state index contributed by atoms with van der Waals surface area (Å²) in [5, 5.41) is 24.8. The fourth-order valence-electron chi connectivity index (χ4n) is 2.68. The lowest BCUT2D eigenvalue weighted by molar-refractivity contribution is -0.222. The predicted molar refractivity (Wildman–Crippen MR) is 88.3 cm³/mol. The summed E-state index contributed by atoms with van der Waals surface area (Å²) in [4.78, 5) is 7.81. The number of hydrogen-bond donors (Lipinski definition) is 3. The minimum atomic E-state index is -1.27. The Kier molecular flexibility index (Phi) is 4.70. The molecule has 0 amide bonds. The van der Waals surface area contributed by atoms with Crippen molar-refractivity contribution in [3.05, 3.63) is 10.6 Å². The highest BCUT2D eigenvalue weighted by molar-refractivity contribution is 7.10. The number of fused-ring (bicyclic) bond motifs is 2. The molecule has 2 aromatic rings. The summed E-state index contributed by atoms with van der Waals surface area (Å²) >= 11 is 13.3. The molecule has 136 valence electrons. The van der Waals surface area contributed by atoms with E-state index in [1.54, 1.807) is 0 Å². The van der Waals surface area contributed by atoms with Crippen LogP contribution >= 0.6 is 46.3 Å². The van der Waals surface area contributed by atoms with Crippen molar-refractivity contribution in [1.82, 2.24) is 18.7 Å². The van der Waals surface area contributed by atoms with Crippen LogP contribution in [0.15, 0.2) is 0 Å². The van der Waals surface area contributed by atoms with Gasteiger partial charge in [-0.3, -0.25) is 0 Å². The molecular weight excluding hydrogens is 417 g/mol. The molecule has 0 radical (unpaired) electrons. The molecule has 4 rings (SSSR count). The van der Waals surface area contributed by atoms with Crippen molar-refractivity contribution in [1.29, 1.82) is 0 Å². The van der Waals surface area contributed by atoms with Gasteiger partial charge < -0.3 is 29.7 Å². The summed E-state index contributed by atoms with van der Waals surface area (Å²) in [6.07, 6.45) is -3.26. The molecule has 2 fully saturated rings. The number of aliphatic hydroxyl groups excluding tert-OH is 2. The zero-order valence-corrected chi connectivity index (χ0v) is 15.3. The van der Waals surface area contributed by atoms with Crippen molar-refractivity contribution in [3.8, 4) is 5.19 Å². The van der Waals surface area contributed by atoms with Crippen LogP contribution in [-0.2, 0) is 9.47 Å². The fourth-order valence-corrected chi connectivity index (χ4v) is 4.10. The van der Waals surface area contributed by atoms with Crippen LogP contribution in [0.1, 0.15) is 0 Å². The SMILES string of the molecule is O[C@@H]1[C@@H](Nc2nc(Cl)ns2)[C@H]2OC[C@](COc3nc(Cl)ns3)(O2)[C@@H]1O. The van der Waals surface area contributed by atoms with Crippen molar-refractivity contribution in [2.24, 2.45) is 0 Å². The maximum absolute atomic E-state index is 10.6. The van der Waals surface area contributed by atoms with E-state index in [1.807, 2.05) is 0 Å². The van der Waals surface area contributed by atoms with Crippen LogP contribution in [0, 0.1) is 0 Å². The molecular formula is C11H11Cl2N5O5S2. The number of nitrogens with zero attached hydrogens (tertiary/aromatic N) is 4. The van der Waals surface area contributed by atoms with Crippen LogP contribution in [0.4, 0.5) is 5.13 Å². The number of hydrogen-bond acceptors (Lipinski definition) is 12. The van der Waals surface area contributed by atoms with Crippen molar-refractivity contribution >= 4 is 51.4 Å². The lowest BCUT2D eigenvalue weighted by Crippen LogP contribution is -2.64. The Balaban J connectivity index is 1.47. The average Bonchev–Trinajstić information content (AvgIpc) is 3.28. The van der Waals surface area contributed by atoms with E-state index in [4.69, 9.17) is 37.4 Å². The Labute approximate surface area is 159 Å². The van der Waals surface area contributed by atoms with Gasteiger partial charge in [0.1, 0.15) is 24.9 Å². The molecule has 2 aliphatic rings. The first-order valence-electron chi connectivity index (χ1n) is 7.00. The lowest BCUT2D eigenvalue weighted by Gasteiger charge is -2.42. The van der Waals surface area contributed by atoms with Crippen LogP contribution in [-0.4, -0.2) is 72.3 Å². The second-order valence-electron chi connectivity index (χ2n) is 5.45. The highest BCUT2D eigenvalue weighted by Gasteiger charge is 2.60. The smallest absolute Gasteiger partial charge is 0.294 e. The molecule has 4 heterocycles. The van der Waals surface area contributed by atoms with Gasteiger partial charge in [0.2, 0.25) is 15.7 Å². The summed E-state index contributed by atoms with van der Waals surface area (Å²) < 4.78 is 24.5. The molecule has 3 N–H and O–H groups in total. The molecule has 0 aliphatic carbocycles. The molecule has 2 bridgehead atoms. The molecule has 0 unspecified atom stereocenters. The molecule has 14 heteroatoms. The van der Waals surface area contributed by atoms with Gasteiger partial charge in [0.15, 0.2) is 11.9 Å². The summed E-state index contributed by atoms with van der Waals surface area (Å²) in [5.74, 6) is 0. The molecule has 10 nitrogen and oxygen atoms in total. The summed E-state index contributed by atoms with van der Waals surface area (Å²) in [6.45, 7) is -0.0396. The Morgan fingerprint density at radius 2 is 2.00 bits per heavy atom. The number of ether oxygens (including phenoxy) is 3. The summed E-state index contributed by atoms with van der Waals surface area (Å²) in [6, 6.07) is -0.745. The highest BCUT2D eigenvalue weighted by atomic mass is 35.5. The molecule has 0 aromatic carbocycles. The van der Waals surface area contributed by atoms with E-state index in [0.29, 0.717) is 5.13 Å². The molecule has 2 aromatic heterocycles. The Morgan fingerprint density at radius 3 is 2.68 bits per heavy atom. The third-order valence-electron chi connectivity index (χ3n) is 3.88. The number of anilines is 1. The van der Waals surface area contributed by atoms with E-state index in [-0.39, 0.29) is 29.0 Å². The number of rotatable bonds is 5. The third kappa shape index (κ3) is 3.28. The molecule has 2 saturated heterocycles. The van der Waals surface area contributed by atoms with Gasteiger partial charge in [0.05, 0.1) is 6.61 Å². The Hall–Kier alpha value is -0.860. The predicted octanol–water partition coefficient (Wildman–Crippen LogP) is 0.403. The van der Waals surface area contributed by atoms with Gasteiger partial charge in [-0.2, -0.15) is 18.7 Å². The zero-order chi connectivity index (χ0) is 17.6. The molecule has 2 aliphatic heterocycles. The number of aliphatic hydroxyl groups is 2. The monoisotopic (exact) mass is 427 g/mol. The number of aromatic nitrogens is 4. The van der Waals surface area contributed by atoms with Crippen molar-refractivity contribution in [3.63, 3.8) is 0 Å². The quantitative estimate of drug-likeness (QED) is 0.615. The van der Waals surface area contributed by atoms with Crippen LogP contribution in [0.3, 0.4) is 0 Å². The Bertz CT molecular complexity index is 765. The minimum Gasteiger partial charge on any atom is -0.466 e. The first-order chi connectivity index (χ1) is 12.0. The lowest BCUT2D eigenvalue weighted by atomic mass is 9.88. The molecule has 0 saturated carbocycles. The topological polar surface area (TPSA) is 132 Å². The van der Waals surface area contributed by atoms with Crippen molar-refractivity contribution < 1.29 is 24.4 Å². The maximum atomic E-state index is 10.6. The second-order valence-corrected chi connectivity index (χ2v) is 7.60. The van der Waals surface area contributed by atoms with E-state index in [2.05, 4.69) is 24.0 Å². The second kappa shape index (κ2) is 6.70. The normalized spacial score (nSPS) is 34.2. The molecule has 0 spiro atoms. The van der Waals surface area contributed by atoms with Crippen LogP contribution < -0.4 is 10.1 Å². The summed E-state index contributed by atoms with van der Waals surface area (Å²) in [7, 11) is 0.